The Labute approximate surface area is 112 Å². The van der Waals surface area contributed by atoms with Gasteiger partial charge in [-0.05, 0) is 43.7 Å². The Kier molecular flexibility index (Phi) is 3.39. The van der Waals surface area contributed by atoms with Crippen molar-refractivity contribution in [1.29, 1.82) is 5.26 Å². The van der Waals surface area contributed by atoms with Crippen LogP contribution >= 0.6 is 0 Å². The number of nitrogens with one attached hydrogen (secondary N) is 1. The first-order chi connectivity index (χ1) is 9.28. The molecule has 19 heavy (non-hydrogen) atoms. The fourth-order valence-corrected chi connectivity index (χ4v) is 2.73. The van der Waals surface area contributed by atoms with Crippen LogP contribution < -0.4 is 5.32 Å². The molecule has 1 heterocycles. The first kappa shape index (κ1) is 12.4. The third-order valence-electron chi connectivity index (χ3n) is 3.95. The van der Waals surface area contributed by atoms with Crippen LogP contribution in [-0.2, 0) is 4.74 Å². The van der Waals surface area contributed by atoms with Gasteiger partial charge in [0.15, 0.2) is 0 Å². The SMILES string of the molecule is N#Cc1c(F)cccc1NC1CCOC(C2CC2)C1. The minimum atomic E-state index is -0.460. The van der Waals surface area contributed by atoms with E-state index in [-0.39, 0.29) is 11.6 Å². The Balaban J connectivity index is 1.70. The second-order valence-electron chi connectivity index (χ2n) is 5.39. The number of benzene rings is 1. The van der Waals surface area contributed by atoms with Crippen LogP contribution in [0.2, 0.25) is 0 Å². The molecule has 2 atom stereocenters. The van der Waals surface area contributed by atoms with Gasteiger partial charge in [0.05, 0.1) is 11.8 Å². The summed E-state index contributed by atoms with van der Waals surface area (Å²) in [6.07, 6.45) is 4.73. The minimum Gasteiger partial charge on any atom is -0.381 e. The lowest BCUT2D eigenvalue weighted by Crippen LogP contribution is -2.35. The average Bonchev–Trinajstić information content (AvgIpc) is 3.24. The van der Waals surface area contributed by atoms with E-state index in [1.54, 1.807) is 12.1 Å². The van der Waals surface area contributed by atoms with Gasteiger partial charge in [-0.1, -0.05) is 6.07 Å². The monoisotopic (exact) mass is 260 g/mol. The smallest absolute Gasteiger partial charge is 0.143 e. The normalized spacial score (nSPS) is 26.7. The molecule has 100 valence electrons. The molecule has 2 aliphatic rings. The van der Waals surface area contributed by atoms with E-state index in [0.717, 1.165) is 19.4 Å². The molecular formula is C15H17FN2O. The summed E-state index contributed by atoms with van der Waals surface area (Å²) in [6.45, 7) is 0.746. The highest BCUT2D eigenvalue weighted by Crippen LogP contribution is 2.38. The second kappa shape index (κ2) is 5.18. The topological polar surface area (TPSA) is 45.0 Å². The van der Waals surface area contributed by atoms with Gasteiger partial charge in [-0.2, -0.15) is 5.26 Å². The number of ether oxygens (including phenoxy) is 1. The molecule has 1 aromatic carbocycles. The maximum Gasteiger partial charge on any atom is 0.143 e. The number of halogens is 1. The van der Waals surface area contributed by atoms with Crippen LogP contribution in [0, 0.1) is 23.1 Å². The number of nitriles is 1. The predicted molar refractivity (Wildman–Crippen MR) is 70.2 cm³/mol. The molecule has 0 spiro atoms. The van der Waals surface area contributed by atoms with Crippen molar-refractivity contribution >= 4 is 5.69 Å². The van der Waals surface area contributed by atoms with Crippen molar-refractivity contribution < 1.29 is 9.13 Å². The highest BCUT2D eigenvalue weighted by molar-refractivity contribution is 5.58. The zero-order valence-electron chi connectivity index (χ0n) is 10.7. The fourth-order valence-electron chi connectivity index (χ4n) is 2.73. The zero-order chi connectivity index (χ0) is 13.2. The van der Waals surface area contributed by atoms with E-state index in [9.17, 15) is 4.39 Å². The Morgan fingerprint density at radius 2 is 2.16 bits per heavy atom. The van der Waals surface area contributed by atoms with Gasteiger partial charge in [-0.3, -0.25) is 0 Å². The van der Waals surface area contributed by atoms with Crippen LogP contribution in [0.15, 0.2) is 18.2 Å². The van der Waals surface area contributed by atoms with Crippen molar-refractivity contribution in [3.05, 3.63) is 29.6 Å². The van der Waals surface area contributed by atoms with Crippen molar-refractivity contribution in [1.82, 2.24) is 0 Å². The summed E-state index contributed by atoms with van der Waals surface area (Å²) in [5, 5.41) is 12.3. The first-order valence-corrected chi connectivity index (χ1v) is 6.84. The van der Waals surface area contributed by atoms with Crippen molar-refractivity contribution in [2.24, 2.45) is 5.92 Å². The van der Waals surface area contributed by atoms with E-state index < -0.39 is 5.82 Å². The largest absolute Gasteiger partial charge is 0.381 e. The van der Waals surface area contributed by atoms with Crippen LogP contribution in [0.25, 0.3) is 0 Å². The highest BCUT2D eigenvalue weighted by atomic mass is 19.1. The lowest BCUT2D eigenvalue weighted by Gasteiger charge is -2.31. The molecule has 1 saturated carbocycles. The third-order valence-corrected chi connectivity index (χ3v) is 3.95. The Bertz CT molecular complexity index is 507. The molecule has 3 nitrogen and oxygen atoms in total. The molecule has 1 aliphatic heterocycles. The van der Waals surface area contributed by atoms with Crippen molar-refractivity contribution in [2.75, 3.05) is 11.9 Å². The van der Waals surface area contributed by atoms with Gasteiger partial charge in [0.1, 0.15) is 17.4 Å². The van der Waals surface area contributed by atoms with Gasteiger partial charge in [0, 0.05) is 12.6 Å². The summed E-state index contributed by atoms with van der Waals surface area (Å²) in [4.78, 5) is 0. The Morgan fingerprint density at radius 1 is 1.32 bits per heavy atom. The van der Waals surface area contributed by atoms with E-state index >= 15 is 0 Å². The van der Waals surface area contributed by atoms with Gasteiger partial charge >= 0.3 is 0 Å². The van der Waals surface area contributed by atoms with Gasteiger partial charge in [-0.25, -0.2) is 4.39 Å². The summed E-state index contributed by atoms with van der Waals surface area (Å²) in [5.74, 6) is 0.255. The van der Waals surface area contributed by atoms with Crippen molar-refractivity contribution in [3.63, 3.8) is 0 Å². The average molecular weight is 260 g/mol. The van der Waals surface area contributed by atoms with Gasteiger partial charge < -0.3 is 10.1 Å². The number of hydrogen-bond acceptors (Lipinski definition) is 3. The lowest BCUT2D eigenvalue weighted by atomic mass is 9.99. The predicted octanol–water partition coefficient (Wildman–Crippen LogP) is 3.07. The second-order valence-corrected chi connectivity index (χ2v) is 5.39. The number of rotatable bonds is 3. The summed E-state index contributed by atoms with van der Waals surface area (Å²) in [5.41, 5.74) is 0.709. The van der Waals surface area contributed by atoms with Gasteiger partial charge in [-0.15, -0.1) is 0 Å². The standard InChI is InChI=1S/C15H17FN2O/c16-13-2-1-3-14(12(13)9-17)18-11-6-7-19-15(8-11)10-4-5-10/h1-3,10-11,15,18H,4-8H2. The molecule has 0 radical (unpaired) electrons. The molecular weight excluding hydrogens is 243 g/mol. The highest BCUT2D eigenvalue weighted by Gasteiger charge is 2.35. The van der Waals surface area contributed by atoms with E-state index in [0.29, 0.717) is 17.7 Å². The lowest BCUT2D eigenvalue weighted by molar-refractivity contribution is -0.00219. The maximum absolute atomic E-state index is 13.5. The van der Waals surface area contributed by atoms with Crippen LogP contribution in [0.5, 0.6) is 0 Å². The minimum absolute atomic E-state index is 0.108. The van der Waals surface area contributed by atoms with E-state index in [1.807, 2.05) is 6.07 Å². The molecule has 2 fully saturated rings. The molecule has 0 aromatic heterocycles. The molecule has 1 saturated heterocycles. The zero-order valence-corrected chi connectivity index (χ0v) is 10.7. The van der Waals surface area contributed by atoms with E-state index in [1.165, 1.54) is 18.9 Å². The van der Waals surface area contributed by atoms with Gasteiger partial charge in [0.25, 0.3) is 0 Å². The summed E-state index contributed by atoms with van der Waals surface area (Å²) in [6, 6.07) is 6.92. The molecule has 1 aliphatic carbocycles. The van der Waals surface area contributed by atoms with Crippen molar-refractivity contribution in [2.45, 2.75) is 37.8 Å². The Hall–Kier alpha value is -1.60. The van der Waals surface area contributed by atoms with E-state index in [2.05, 4.69) is 5.32 Å². The first-order valence-electron chi connectivity index (χ1n) is 6.84. The van der Waals surface area contributed by atoms with E-state index in [4.69, 9.17) is 10.00 Å². The van der Waals surface area contributed by atoms with Crippen molar-refractivity contribution in [3.8, 4) is 6.07 Å². The molecule has 1 N–H and O–H groups in total. The Morgan fingerprint density at radius 3 is 2.89 bits per heavy atom. The van der Waals surface area contributed by atoms with Crippen LogP contribution in [0.4, 0.5) is 10.1 Å². The quantitative estimate of drug-likeness (QED) is 0.908. The van der Waals surface area contributed by atoms with Crippen LogP contribution in [-0.4, -0.2) is 18.8 Å². The number of anilines is 1. The summed E-state index contributed by atoms with van der Waals surface area (Å²) < 4.78 is 19.3. The summed E-state index contributed by atoms with van der Waals surface area (Å²) >= 11 is 0. The summed E-state index contributed by atoms with van der Waals surface area (Å²) in [7, 11) is 0. The third kappa shape index (κ3) is 2.71. The number of nitrogens with zero attached hydrogens (tertiary/aromatic N) is 1. The number of hydrogen-bond donors (Lipinski definition) is 1. The molecule has 2 unspecified atom stereocenters. The molecule has 1 aromatic rings. The van der Waals surface area contributed by atoms with Gasteiger partial charge in [0.2, 0.25) is 0 Å². The molecule has 4 heteroatoms. The molecule has 0 bridgehead atoms. The molecule has 0 amide bonds. The fraction of sp³-hybridized carbons (Fsp3) is 0.533. The van der Waals surface area contributed by atoms with Crippen LogP contribution in [0.3, 0.4) is 0 Å². The maximum atomic E-state index is 13.5. The van der Waals surface area contributed by atoms with Crippen LogP contribution in [0.1, 0.15) is 31.2 Å². The molecule has 3 rings (SSSR count).